The highest BCUT2D eigenvalue weighted by molar-refractivity contribution is 6.17. The number of anilines is 1. The second kappa shape index (κ2) is 4.81. The Balaban J connectivity index is 2.14. The summed E-state index contributed by atoms with van der Waals surface area (Å²) in [6.07, 6.45) is 3.22. The Bertz CT molecular complexity index is 482. The van der Waals surface area contributed by atoms with Gasteiger partial charge in [-0.2, -0.15) is 0 Å². The fourth-order valence-electron chi connectivity index (χ4n) is 1.31. The first kappa shape index (κ1) is 10.7. The first-order chi connectivity index (χ1) is 7.79. The van der Waals surface area contributed by atoms with Gasteiger partial charge in [0.1, 0.15) is 0 Å². The number of alkyl halides is 1. The molecule has 1 aromatic carbocycles. The molecule has 1 heterocycles. The van der Waals surface area contributed by atoms with E-state index in [0.29, 0.717) is 17.4 Å². The molecule has 2 aromatic rings. The number of aromatic nitrogens is 2. The zero-order valence-corrected chi connectivity index (χ0v) is 9.16. The van der Waals surface area contributed by atoms with E-state index in [0.717, 1.165) is 5.56 Å². The van der Waals surface area contributed by atoms with E-state index in [2.05, 4.69) is 15.3 Å². The van der Waals surface area contributed by atoms with E-state index in [1.165, 1.54) is 0 Å². The molecule has 0 saturated carbocycles. The molecule has 16 heavy (non-hydrogen) atoms. The van der Waals surface area contributed by atoms with Crippen LogP contribution >= 0.6 is 11.6 Å². The molecule has 0 atom stereocenters. The predicted octanol–water partition coefficient (Wildman–Crippen LogP) is 2.40. The molecule has 1 amide bonds. The number of nitrogens with one attached hydrogen (secondary N) is 2. The van der Waals surface area contributed by atoms with Crippen molar-refractivity contribution in [2.45, 2.75) is 5.88 Å². The summed E-state index contributed by atoms with van der Waals surface area (Å²) >= 11 is 5.70. The Kier molecular flexibility index (Phi) is 3.22. The third kappa shape index (κ3) is 2.41. The van der Waals surface area contributed by atoms with Gasteiger partial charge in [0.25, 0.3) is 5.91 Å². The number of imidazole rings is 1. The average molecular weight is 236 g/mol. The van der Waals surface area contributed by atoms with E-state index >= 15 is 0 Å². The van der Waals surface area contributed by atoms with E-state index in [1.807, 2.05) is 6.07 Å². The minimum absolute atomic E-state index is 0.207. The van der Waals surface area contributed by atoms with E-state index in [-0.39, 0.29) is 5.91 Å². The number of amides is 1. The Morgan fingerprint density at radius 2 is 2.38 bits per heavy atom. The number of halogens is 1. The van der Waals surface area contributed by atoms with Crippen molar-refractivity contribution in [3.8, 4) is 0 Å². The van der Waals surface area contributed by atoms with Crippen LogP contribution in [0.15, 0.2) is 36.7 Å². The van der Waals surface area contributed by atoms with Gasteiger partial charge in [0.05, 0.1) is 0 Å². The summed E-state index contributed by atoms with van der Waals surface area (Å²) in [4.78, 5) is 18.5. The molecule has 0 spiro atoms. The number of rotatable bonds is 3. The summed E-state index contributed by atoms with van der Waals surface area (Å²) in [6.45, 7) is 0. The van der Waals surface area contributed by atoms with E-state index in [1.54, 1.807) is 30.6 Å². The molecule has 0 aliphatic rings. The monoisotopic (exact) mass is 235 g/mol. The smallest absolute Gasteiger partial charge is 0.257 e. The van der Waals surface area contributed by atoms with Gasteiger partial charge in [-0.25, -0.2) is 4.98 Å². The van der Waals surface area contributed by atoms with Crippen molar-refractivity contribution in [2.24, 2.45) is 0 Å². The molecule has 5 heteroatoms. The molecule has 0 bridgehead atoms. The zero-order valence-electron chi connectivity index (χ0n) is 8.40. The summed E-state index contributed by atoms with van der Waals surface area (Å²) in [6, 6.07) is 7.16. The summed E-state index contributed by atoms with van der Waals surface area (Å²) in [5.74, 6) is 0.616. The number of benzene rings is 1. The van der Waals surface area contributed by atoms with Crippen LogP contribution in [0.1, 0.15) is 15.9 Å². The molecule has 0 unspecified atom stereocenters. The number of carbonyl (C=O) groups excluding carboxylic acids is 1. The van der Waals surface area contributed by atoms with Crippen molar-refractivity contribution in [2.75, 3.05) is 5.32 Å². The molecular formula is C11H10ClN3O. The SMILES string of the molecule is O=C(Nc1ncc[nH]1)c1cccc(CCl)c1. The van der Waals surface area contributed by atoms with Crippen LogP contribution in [0.3, 0.4) is 0 Å². The maximum absolute atomic E-state index is 11.8. The van der Waals surface area contributed by atoms with Crippen molar-refractivity contribution in [3.63, 3.8) is 0 Å². The number of hydrogen-bond acceptors (Lipinski definition) is 2. The van der Waals surface area contributed by atoms with E-state index < -0.39 is 0 Å². The number of aromatic amines is 1. The summed E-state index contributed by atoms with van der Waals surface area (Å²) in [7, 11) is 0. The Hall–Kier alpha value is -1.81. The standard InChI is InChI=1S/C11H10ClN3O/c12-7-8-2-1-3-9(6-8)10(16)15-11-13-4-5-14-11/h1-6H,7H2,(H2,13,14,15,16). The molecule has 0 aliphatic carbocycles. The third-order valence-corrected chi connectivity index (χ3v) is 2.38. The van der Waals surface area contributed by atoms with Gasteiger partial charge in [0.2, 0.25) is 5.95 Å². The van der Waals surface area contributed by atoms with Crippen molar-refractivity contribution in [3.05, 3.63) is 47.8 Å². The molecular weight excluding hydrogens is 226 g/mol. The second-order valence-corrected chi connectivity index (χ2v) is 3.49. The first-order valence-corrected chi connectivity index (χ1v) is 5.28. The van der Waals surface area contributed by atoms with Crippen LogP contribution in [0.4, 0.5) is 5.95 Å². The number of hydrogen-bond donors (Lipinski definition) is 2. The van der Waals surface area contributed by atoms with Gasteiger partial charge in [-0.05, 0) is 17.7 Å². The van der Waals surface area contributed by atoms with Gasteiger partial charge in [-0.15, -0.1) is 11.6 Å². The van der Waals surface area contributed by atoms with Gasteiger partial charge < -0.3 is 4.98 Å². The quantitative estimate of drug-likeness (QED) is 0.803. The normalized spacial score (nSPS) is 10.1. The lowest BCUT2D eigenvalue weighted by Crippen LogP contribution is -2.13. The molecule has 1 aromatic heterocycles. The number of nitrogens with zero attached hydrogens (tertiary/aromatic N) is 1. The van der Waals surface area contributed by atoms with Gasteiger partial charge in [-0.3, -0.25) is 10.1 Å². The van der Waals surface area contributed by atoms with Crippen LogP contribution in [0.2, 0.25) is 0 Å². The van der Waals surface area contributed by atoms with Crippen molar-refractivity contribution in [1.82, 2.24) is 9.97 Å². The lowest BCUT2D eigenvalue weighted by Gasteiger charge is -2.03. The lowest BCUT2D eigenvalue weighted by atomic mass is 10.1. The van der Waals surface area contributed by atoms with Crippen LogP contribution in [-0.4, -0.2) is 15.9 Å². The summed E-state index contributed by atoms with van der Waals surface area (Å²) < 4.78 is 0. The van der Waals surface area contributed by atoms with Crippen LogP contribution < -0.4 is 5.32 Å². The molecule has 0 radical (unpaired) electrons. The first-order valence-electron chi connectivity index (χ1n) is 4.75. The molecule has 0 aliphatic heterocycles. The Labute approximate surface area is 97.7 Å². The number of H-pyrrole nitrogens is 1. The molecule has 4 nitrogen and oxygen atoms in total. The highest BCUT2D eigenvalue weighted by Crippen LogP contribution is 2.09. The van der Waals surface area contributed by atoms with Crippen LogP contribution in [0.25, 0.3) is 0 Å². The van der Waals surface area contributed by atoms with Crippen molar-refractivity contribution in [1.29, 1.82) is 0 Å². The highest BCUT2D eigenvalue weighted by atomic mass is 35.5. The minimum Gasteiger partial charge on any atom is -0.331 e. The molecule has 2 rings (SSSR count). The summed E-state index contributed by atoms with van der Waals surface area (Å²) in [5, 5.41) is 2.64. The van der Waals surface area contributed by atoms with Crippen LogP contribution in [0.5, 0.6) is 0 Å². The second-order valence-electron chi connectivity index (χ2n) is 3.23. The zero-order chi connectivity index (χ0) is 11.4. The van der Waals surface area contributed by atoms with Crippen molar-refractivity contribution >= 4 is 23.5 Å². The largest absolute Gasteiger partial charge is 0.331 e. The Morgan fingerprint density at radius 3 is 3.06 bits per heavy atom. The van der Waals surface area contributed by atoms with Gasteiger partial charge >= 0.3 is 0 Å². The lowest BCUT2D eigenvalue weighted by molar-refractivity contribution is 0.102. The fourth-order valence-corrected chi connectivity index (χ4v) is 1.48. The van der Waals surface area contributed by atoms with E-state index in [4.69, 9.17) is 11.6 Å². The molecule has 82 valence electrons. The predicted molar refractivity (Wildman–Crippen MR) is 62.5 cm³/mol. The minimum atomic E-state index is -0.207. The Morgan fingerprint density at radius 1 is 1.50 bits per heavy atom. The maximum Gasteiger partial charge on any atom is 0.257 e. The van der Waals surface area contributed by atoms with Crippen LogP contribution in [0, 0.1) is 0 Å². The van der Waals surface area contributed by atoms with Gasteiger partial charge in [-0.1, -0.05) is 12.1 Å². The third-order valence-electron chi connectivity index (χ3n) is 2.07. The highest BCUT2D eigenvalue weighted by Gasteiger charge is 2.07. The molecule has 0 fully saturated rings. The maximum atomic E-state index is 11.8. The topological polar surface area (TPSA) is 57.8 Å². The van der Waals surface area contributed by atoms with Gasteiger partial charge in [0, 0.05) is 23.8 Å². The van der Waals surface area contributed by atoms with Crippen LogP contribution in [-0.2, 0) is 5.88 Å². The molecule has 2 N–H and O–H groups in total. The fraction of sp³-hybridized carbons (Fsp3) is 0.0909. The average Bonchev–Trinajstić information content (AvgIpc) is 2.82. The van der Waals surface area contributed by atoms with E-state index in [9.17, 15) is 4.79 Å². The summed E-state index contributed by atoms with van der Waals surface area (Å²) in [5.41, 5.74) is 1.48. The number of carbonyl (C=O) groups is 1. The molecule has 0 saturated heterocycles. The van der Waals surface area contributed by atoms with Crippen molar-refractivity contribution < 1.29 is 4.79 Å². The van der Waals surface area contributed by atoms with Gasteiger partial charge in [0.15, 0.2) is 0 Å².